The van der Waals surface area contributed by atoms with Crippen molar-refractivity contribution < 1.29 is 8.78 Å². The molecular formula is C12H11BrF2N2. The lowest BCUT2D eigenvalue weighted by Crippen LogP contribution is -2.11. The molecule has 0 bridgehead atoms. The fourth-order valence-electron chi connectivity index (χ4n) is 1.54. The molecule has 5 heteroatoms. The first kappa shape index (κ1) is 12.2. The molecule has 90 valence electrons. The first-order valence-electron chi connectivity index (χ1n) is 5.22. The van der Waals surface area contributed by atoms with Gasteiger partial charge in [0.1, 0.15) is 10.4 Å². The molecule has 0 amide bonds. The Morgan fingerprint density at radius 3 is 2.76 bits per heavy atom. The lowest BCUT2D eigenvalue weighted by molar-refractivity contribution is -0.00824. The maximum atomic E-state index is 13.5. The topological polar surface area (TPSA) is 28.7 Å². The average molecular weight is 301 g/mol. The van der Waals surface area contributed by atoms with Crippen LogP contribution in [0.15, 0.2) is 35.1 Å². The van der Waals surface area contributed by atoms with Gasteiger partial charge in [-0.05, 0) is 22.0 Å². The largest absolute Gasteiger partial charge is 0.333 e. The molecule has 0 saturated carbocycles. The molecule has 0 aliphatic rings. The zero-order valence-corrected chi connectivity index (χ0v) is 10.8. The molecule has 2 nitrogen and oxygen atoms in total. The van der Waals surface area contributed by atoms with Gasteiger partial charge in [-0.15, -0.1) is 0 Å². The zero-order valence-electron chi connectivity index (χ0n) is 9.17. The maximum Gasteiger partial charge on any atom is 0.273 e. The highest BCUT2D eigenvalue weighted by molar-refractivity contribution is 9.10. The quantitative estimate of drug-likeness (QED) is 0.897. The second-order valence-corrected chi connectivity index (χ2v) is 4.57. The van der Waals surface area contributed by atoms with Gasteiger partial charge in [0.15, 0.2) is 0 Å². The summed E-state index contributed by atoms with van der Waals surface area (Å²) in [6.45, 7) is 1.47. The number of hydrogen-bond donors (Lipinski definition) is 1. The number of imidazole rings is 1. The van der Waals surface area contributed by atoms with Crippen molar-refractivity contribution in [1.29, 1.82) is 0 Å². The van der Waals surface area contributed by atoms with E-state index in [9.17, 15) is 8.78 Å². The molecule has 0 radical (unpaired) electrons. The highest BCUT2D eigenvalue weighted by atomic mass is 79.9. The normalized spacial score (nSPS) is 11.8. The van der Waals surface area contributed by atoms with Crippen molar-refractivity contribution in [3.05, 3.63) is 40.6 Å². The average Bonchev–Trinajstić information content (AvgIpc) is 2.76. The summed E-state index contributed by atoms with van der Waals surface area (Å²) >= 11 is 3.23. The molecule has 1 aromatic carbocycles. The summed E-state index contributed by atoms with van der Waals surface area (Å²) in [5.41, 5.74) is 0.673. The predicted molar refractivity (Wildman–Crippen MR) is 65.9 cm³/mol. The molecule has 0 unspecified atom stereocenters. The molecule has 0 saturated heterocycles. The van der Waals surface area contributed by atoms with E-state index in [4.69, 9.17) is 0 Å². The summed E-state index contributed by atoms with van der Waals surface area (Å²) in [7, 11) is 0. The van der Waals surface area contributed by atoms with Gasteiger partial charge in [0.25, 0.3) is 5.92 Å². The Bertz CT molecular complexity index is 523. The summed E-state index contributed by atoms with van der Waals surface area (Å²) in [6, 6.07) is 6.27. The number of rotatable bonds is 3. The third-order valence-corrected chi connectivity index (χ3v) is 2.95. The third-order valence-electron chi connectivity index (χ3n) is 2.55. The van der Waals surface area contributed by atoms with Gasteiger partial charge in [0, 0.05) is 17.5 Å². The van der Waals surface area contributed by atoms with Crippen molar-refractivity contribution in [2.75, 3.05) is 0 Å². The Kier molecular flexibility index (Phi) is 3.28. The Balaban J connectivity index is 2.42. The van der Waals surface area contributed by atoms with Crippen LogP contribution in [0.4, 0.5) is 8.78 Å². The summed E-state index contributed by atoms with van der Waals surface area (Å²) < 4.78 is 27.8. The molecular weight excluding hydrogens is 290 g/mol. The van der Waals surface area contributed by atoms with Gasteiger partial charge in [-0.1, -0.05) is 25.1 Å². The first-order valence-corrected chi connectivity index (χ1v) is 6.01. The van der Waals surface area contributed by atoms with Crippen LogP contribution in [-0.4, -0.2) is 9.97 Å². The van der Waals surface area contributed by atoms with Crippen LogP contribution < -0.4 is 0 Å². The Morgan fingerprint density at radius 1 is 1.41 bits per heavy atom. The van der Waals surface area contributed by atoms with Gasteiger partial charge in [-0.2, -0.15) is 0 Å². The molecule has 2 rings (SSSR count). The van der Waals surface area contributed by atoms with Crippen LogP contribution >= 0.6 is 15.9 Å². The minimum Gasteiger partial charge on any atom is -0.333 e. The zero-order chi connectivity index (χ0) is 12.5. The summed E-state index contributed by atoms with van der Waals surface area (Å²) in [5.74, 6) is -2.22. The smallest absolute Gasteiger partial charge is 0.273 e. The van der Waals surface area contributed by atoms with Crippen LogP contribution in [0.2, 0.25) is 0 Å². The molecule has 1 heterocycles. The lowest BCUT2D eigenvalue weighted by atomic mass is 10.0. The SMILES string of the molecule is CCC(F)(F)c1cccc(-c2ncc(Br)[nH]2)c1. The van der Waals surface area contributed by atoms with Gasteiger partial charge in [-0.3, -0.25) is 0 Å². The van der Waals surface area contributed by atoms with Crippen molar-refractivity contribution in [3.8, 4) is 11.4 Å². The first-order chi connectivity index (χ1) is 8.03. The Hall–Kier alpha value is -1.23. The second kappa shape index (κ2) is 4.56. The van der Waals surface area contributed by atoms with E-state index in [-0.39, 0.29) is 12.0 Å². The number of H-pyrrole nitrogens is 1. The van der Waals surface area contributed by atoms with E-state index >= 15 is 0 Å². The minimum absolute atomic E-state index is 0.0185. The molecule has 1 N–H and O–H groups in total. The molecule has 0 aliphatic heterocycles. The number of halogens is 3. The number of aromatic nitrogens is 2. The Morgan fingerprint density at radius 2 is 2.18 bits per heavy atom. The summed E-state index contributed by atoms with van der Waals surface area (Å²) in [4.78, 5) is 7.04. The summed E-state index contributed by atoms with van der Waals surface area (Å²) in [5, 5.41) is 0. The van der Waals surface area contributed by atoms with Crippen LogP contribution in [0.25, 0.3) is 11.4 Å². The minimum atomic E-state index is -2.79. The van der Waals surface area contributed by atoms with Crippen molar-refractivity contribution in [2.24, 2.45) is 0 Å². The number of benzene rings is 1. The maximum absolute atomic E-state index is 13.5. The fraction of sp³-hybridized carbons (Fsp3) is 0.250. The van der Waals surface area contributed by atoms with Gasteiger partial charge in [0.05, 0.1) is 6.20 Å². The van der Waals surface area contributed by atoms with E-state index < -0.39 is 5.92 Å². The fourth-order valence-corrected chi connectivity index (χ4v) is 1.83. The third kappa shape index (κ3) is 2.54. The molecule has 0 atom stereocenters. The molecule has 2 aromatic rings. The van der Waals surface area contributed by atoms with E-state index in [1.165, 1.54) is 19.1 Å². The number of hydrogen-bond acceptors (Lipinski definition) is 1. The van der Waals surface area contributed by atoms with Crippen molar-refractivity contribution in [1.82, 2.24) is 9.97 Å². The molecule has 0 spiro atoms. The Labute approximate surface area is 106 Å². The molecule has 1 aromatic heterocycles. The standard InChI is InChI=1S/C12H11BrF2N2/c1-2-12(14,15)9-5-3-4-8(6-9)11-16-7-10(13)17-11/h3-7H,2H2,1H3,(H,16,17). The highest BCUT2D eigenvalue weighted by Crippen LogP contribution is 2.33. The van der Waals surface area contributed by atoms with E-state index in [1.807, 2.05) is 0 Å². The monoisotopic (exact) mass is 300 g/mol. The van der Waals surface area contributed by atoms with Crippen LogP contribution in [0.1, 0.15) is 18.9 Å². The van der Waals surface area contributed by atoms with E-state index in [0.29, 0.717) is 11.4 Å². The number of alkyl halides is 2. The van der Waals surface area contributed by atoms with Gasteiger partial charge in [-0.25, -0.2) is 13.8 Å². The van der Waals surface area contributed by atoms with E-state index in [2.05, 4.69) is 25.9 Å². The van der Waals surface area contributed by atoms with Crippen LogP contribution in [0.3, 0.4) is 0 Å². The predicted octanol–water partition coefficient (Wildman–Crippen LogP) is 4.34. The molecule has 17 heavy (non-hydrogen) atoms. The van der Waals surface area contributed by atoms with Gasteiger partial charge < -0.3 is 4.98 Å². The molecule has 0 aliphatic carbocycles. The van der Waals surface area contributed by atoms with Crippen LogP contribution in [-0.2, 0) is 5.92 Å². The van der Waals surface area contributed by atoms with Crippen molar-refractivity contribution in [2.45, 2.75) is 19.3 Å². The number of nitrogens with one attached hydrogen (secondary N) is 1. The summed E-state index contributed by atoms with van der Waals surface area (Å²) in [6.07, 6.45) is 1.39. The van der Waals surface area contributed by atoms with Gasteiger partial charge in [0.2, 0.25) is 0 Å². The molecule has 0 fully saturated rings. The highest BCUT2D eigenvalue weighted by Gasteiger charge is 2.29. The van der Waals surface area contributed by atoms with E-state index in [1.54, 1.807) is 18.3 Å². The van der Waals surface area contributed by atoms with Gasteiger partial charge >= 0.3 is 0 Å². The lowest BCUT2D eigenvalue weighted by Gasteiger charge is -2.14. The van der Waals surface area contributed by atoms with Crippen LogP contribution in [0.5, 0.6) is 0 Å². The number of nitrogens with zero attached hydrogens (tertiary/aromatic N) is 1. The number of aromatic amines is 1. The van der Waals surface area contributed by atoms with Crippen LogP contribution in [0, 0.1) is 0 Å². The second-order valence-electron chi connectivity index (χ2n) is 3.72. The van der Waals surface area contributed by atoms with Crippen molar-refractivity contribution in [3.63, 3.8) is 0 Å². The van der Waals surface area contributed by atoms with Crippen molar-refractivity contribution >= 4 is 15.9 Å². The van der Waals surface area contributed by atoms with E-state index in [0.717, 1.165) is 4.60 Å².